The van der Waals surface area contributed by atoms with Crippen molar-refractivity contribution < 1.29 is 14.7 Å². The number of hydrogen-bond acceptors (Lipinski definition) is 3. The lowest BCUT2D eigenvalue weighted by atomic mass is 9.98. The molecule has 0 aromatic heterocycles. The van der Waals surface area contributed by atoms with E-state index >= 15 is 0 Å². The average molecular weight is 242 g/mol. The van der Waals surface area contributed by atoms with E-state index in [1.165, 1.54) is 0 Å². The predicted molar refractivity (Wildman–Crippen MR) is 64.7 cm³/mol. The number of amides is 1. The van der Waals surface area contributed by atoms with Crippen molar-refractivity contribution in [3.8, 4) is 0 Å². The van der Waals surface area contributed by atoms with Gasteiger partial charge in [-0.25, -0.2) is 0 Å². The minimum Gasteiger partial charge on any atom is -0.481 e. The van der Waals surface area contributed by atoms with Crippen LogP contribution in [0.3, 0.4) is 0 Å². The number of nitrogens with one attached hydrogen (secondary N) is 1. The Morgan fingerprint density at radius 1 is 1.53 bits per heavy atom. The molecule has 0 spiro atoms. The topological polar surface area (TPSA) is 69.6 Å². The second-order valence-electron chi connectivity index (χ2n) is 4.79. The minimum absolute atomic E-state index is 0.00890. The molecule has 0 saturated carbocycles. The van der Waals surface area contributed by atoms with Crippen LogP contribution in [-0.4, -0.2) is 47.6 Å². The Bertz CT molecular complexity index is 281. The molecular formula is C12H22N2O3. The zero-order valence-electron chi connectivity index (χ0n) is 10.6. The van der Waals surface area contributed by atoms with Gasteiger partial charge < -0.3 is 10.4 Å². The second-order valence-corrected chi connectivity index (χ2v) is 4.79. The molecule has 2 N–H and O–H groups in total. The van der Waals surface area contributed by atoms with Crippen LogP contribution in [0.2, 0.25) is 0 Å². The smallest absolute Gasteiger partial charge is 0.307 e. The van der Waals surface area contributed by atoms with Crippen LogP contribution in [0.1, 0.15) is 33.1 Å². The Labute approximate surface area is 102 Å². The Morgan fingerprint density at radius 3 is 2.82 bits per heavy atom. The van der Waals surface area contributed by atoms with E-state index in [0.29, 0.717) is 13.1 Å². The van der Waals surface area contributed by atoms with E-state index in [1.807, 2.05) is 18.7 Å². The first-order chi connectivity index (χ1) is 8.02. The molecule has 5 heteroatoms. The quantitative estimate of drug-likeness (QED) is 0.744. The molecule has 0 radical (unpaired) electrons. The lowest BCUT2D eigenvalue weighted by Gasteiger charge is -2.30. The van der Waals surface area contributed by atoms with Gasteiger partial charge in [0.25, 0.3) is 0 Å². The predicted octanol–water partition coefficient (Wildman–Crippen LogP) is 0.698. The molecule has 0 bridgehead atoms. The molecule has 0 aliphatic carbocycles. The molecule has 0 unspecified atom stereocenters. The van der Waals surface area contributed by atoms with E-state index in [9.17, 15) is 9.59 Å². The molecule has 1 amide bonds. The van der Waals surface area contributed by atoms with Crippen molar-refractivity contribution in [2.24, 2.45) is 5.92 Å². The van der Waals surface area contributed by atoms with E-state index in [2.05, 4.69) is 5.32 Å². The van der Waals surface area contributed by atoms with Crippen molar-refractivity contribution in [3.63, 3.8) is 0 Å². The van der Waals surface area contributed by atoms with Crippen molar-refractivity contribution in [1.82, 2.24) is 10.2 Å². The third-order valence-electron chi connectivity index (χ3n) is 3.24. The van der Waals surface area contributed by atoms with Gasteiger partial charge in [-0.2, -0.15) is 0 Å². The number of nitrogens with zero attached hydrogens (tertiary/aromatic N) is 1. The average Bonchev–Trinajstić information content (AvgIpc) is 2.28. The maximum absolute atomic E-state index is 11.7. The number of aliphatic carboxylic acids is 1. The zero-order valence-corrected chi connectivity index (χ0v) is 10.6. The fourth-order valence-electron chi connectivity index (χ4n) is 2.03. The first kappa shape index (κ1) is 14.0. The van der Waals surface area contributed by atoms with Crippen LogP contribution in [0.5, 0.6) is 0 Å². The Morgan fingerprint density at radius 2 is 2.24 bits per heavy atom. The number of carboxylic acid groups (broad SMARTS) is 1. The van der Waals surface area contributed by atoms with Gasteiger partial charge in [-0.05, 0) is 32.7 Å². The Balaban J connectivity index is 2.35. The number of hydrogen-bond donors (Lipinski definition) is 2. The van der Waals surface area contributed by atoms with E-state index in [1.54, 1.807) is 0 Å². The van der Waals surface area contributed by atoms with Gasteiger partial charge in [0.2, 0.25) is 5.91 Å². The van der Waals surface area contributed by atoms with E-state index in [0.717, 1.165) is 25.8 Å². The third kappa shape index (κ3) is 4.73. The normalized spacial score (nSPS) is 23.1. The van der Waals surface area contributed by atoms with Crippen LogP contribution in [0.15, 0.2) is 0 Å². The molecular weight excluding hydrogens is 220 g/mol. The molecule has 1 rings (SSSR count). The molecule has 1 aliphatic rings. The van der Waals surface area contributed by atoms with Crippen LogP contribution in [0, 0.1) is 5.92 Å². The maximum Gasteiger partial charge on any atom is 0.307 e. The van der Waals surface area contributed by atoms with Crippen LogP contribution < -0.4 is 5.32 Å². The van der Waals surface area contributed by atoms with E-state index in [4.69, 9.17) is 5.11 Å². The first-order valence-electron chi connectivity index (χ1n) is 6.27. The molecule has 1 heterocycles. The fourth-order valence-corrected chi connectivity index (χ4v) is 2.03. The molecule has 5 nitrogen and oxygen atoms in total. The molecule has 1 fully saturated rings. The van der Waals surface area contributed by atoms with E-state index in [-0.39, 0.29) is 17.9 Å². The summed E-state index contributed by atoms with van der Waals surface area (Å²) in [4.78, 5) is 24.5. The van der Waals surface area contributed by atoms with Gasteiger partial charge in [0, 0.05) is 12.6 Å². The molecule has 1 aliphatic heterocycles. The van der Waals surface area contributed by atoms with Crippen molar-refractivity contribution in [2.75, 3.05) is 19.6 Å². The maximum atomic E-state index is 11.7. The summed E-state index contributed by atoms with van der Waals surface area (Å²) in [6.07, 6.45) is 2.48. The zero-order chi connectivity index (χ0) is 12.8. The summed E-state index contributed by atoms with van der Waals surface area (Å²) >= 11 is 0. The van der Waals surface area contributed by atoms with Crippen molar-refractivity contribution in [3.05, 3.63) is 0 Å². The van der Waals surface area contributed by atoms with Gasteiger partial charge >= 0.3 is 5.97 Å². The number of carbonyl (C=O) groups excluding carboxylic acids is 1. The molecule has 0 aromatic carbocycles. The third-order valence-corrected chi connectivity index (χ3v) is 3.24. The van der Waals surface area contributed by atoms with E-state index < -0.39 is 5.97 Å². The van der Waals surface area contributed by atoms with Crippen LogP contribution in [0.4, 0.5) is 0 Å². The minimum atomic E-state index is -0.753. The molecule has 0 aromatic rings. The second kappa shape index (κ2) is 6.59. The monoisotopic (exact) mass is 242 g/mol. The van der Waals surface area contributed by atoms with Gasteiger partial charge in [-0.1, -0.05) is 6.92 Å². The molecule has 1 saturated heterocycles. The summed E-state index contributed by atoms with van der Waals surface area (Å²) in [5, 5.41) is 11.8. The number of rotatable bonds is 5. The standard InChI is InChI=1S/C12H22N2O3/c1-3-9(2)13-11(15)8-14-6-4-5-10(7-14)12(16)17/h9-10H,3-8H2,1-2H3,(H,13,15)(H,16,17)/t9-,10+/m1/s1. The fraction of sp³-hybridized carbons (Fsp3) is 0.833. The highest BCUT2D eigenvalue weighted by atomic mass is 16.4. The largest absolute Gasteiger partial charge is 0.481 e. The number of piperidine rings is 1. The highest BCUT2D eigenvalue weighted by Gasteiger charge is 2.26. The van der Waals surface area contributed by atoms with Gasteiger partial charge in [-0.15, -0.1) is 0 Å². The van der Waals surface area contributed by atoms with Crippen molar-refractivity contribution in [2.45, 2.75) is 39.2 Å². The molecule has 98 valence electrons. The summed E-state index contributed by atoms with van der Waals surface area (Å²) in [7, 11) is 0. The van der Waals surface area contributed by atoms with Gasteiger partial charge in [-0.3, -0.25) is 14.5 Å². The van der Waals surface area contributed by atoms with Crippen LogP contribution >= 0.6 is 0 Å². The molecule has 2 atom stereocenters. The summed E-state index contributed by atoms with van der Waals surface area (Å²) in [5.41, 5.74) is 0. The summed E-state index contributed by atoms with van der Waals surface area (Å²) in [6, 6.07) is 0.183. The number of likely N-dealkylation sites (tertiary alicyclic amines) is 1. The van der Waals surface area contributed by atoms with Gasteiger partial charge in [0.15, 0.2) is 0 Å². The Kier molecular flexibility index (Phi) is 5.41. The summed E-state index contributed by atoms with van der Waals surface area (Å²) < 4.78 is 0. The van der Waals surface area contributed by atoms with Gasteiger partial charge in [0.05, 0.1) is 12.5 Å². The van der Waals surface area contributed by atoms with Crippen molar-refractivity contribution >= 4 is 11.9 Å². The highest BCUT2D eigenvalue weighted by Crippen LogP contribution is 2.16. The SMILES string of the molecule is CC[C@@H](C)NC(=O)CN1CCC[C@H](C(=O)O)C1. The van der Waals surface area contributed by atoms with Crippen LogP contribution in [-0.2, 0) is 9.59 Å². The summed E-state index contributed by atoms with van der Waals surface area (Å²) in [5.74, 6) is -1.08. The first-order valence-corrected chi connectivity index (χ1v) is 6.27. The number of carboxylic acids is 1. The lowest BCUT2D eigenvalue weighted by molar-refractivity contribution is -0.144. The lowest BCUT2D eigenvalue weighted by Crippen LogP contribution is -2.45. The highest BCUT2D eigenvalue weighted by molar-refractivity contribution is 5.78. The van der Waals surface area contributed by atoms with Crippen molar-refractivity contribution in [1.29, 1.82) is 0 Å². The summed E-state index contributed by atoms with van der Waals surface area (Å²) in [6.45, 7) is 5.61. The Hall–Kier alpha value is -1.10. The molecule has 17 heavy (non-hydrogen) atoms. The number of carbonyl (C=O) groups is 2. The van der Waals surface area contributed by atoms with Gasteiger partial charge in [0.1, 0.15) is 0 Å². The van der Waals surface area contributed by atoms with Crippen LogP contribution in [0.25, 0.3) is 0 Å².